The third-order valence-corrected chi connectivity index (χ3v) is 2.66. The van der Waals surface area contributed by atoms with Crippen molar-refractivity contribution >= 4 is 17.7 Å². The van der Waals surface area contributed by atoms with Gasteiger partial charge in [0.15, 0.2) is 5.82 Å². The molecule has 9 nitrogen and oxygen atoms in total. The topological polar surface area (TPSA) is 127 Å². The molecule has 9 heteroatoms. The summed E-state index contributed by atoms with van der Waals surface area (Å²) in [7, 11) is 0. The van der Waals surface area contributed by atoms with Gasteiger partial charge in [-0.15, -0.1) is 10.2 Å². The standard InChI is InChI=1S/C12H12N6O3/c1-8(12-14-16-17-15-12)13-11(19)7-6-9-4-2-3-5-10(9)18(20)21/h2-8H,1H3,(H,13,19)(H,14,15,16,17). The summed E-state index contributed by atoms with van der Waals surface area (Å²) in [6.45, 7) is 1.70. The van der Waals surface area contributed by atoms with Gasteiger partial charge in [-0.2, -0.15) is 5.21 Å². The first kappa shape index (κ1) is 14.3. The Balaban J connectivity index is 2.04. The van der Waals surface area contributed by atoms with Crippen LogP contribution >= 0.6 is 0 Å². The van der Waals surface area contributed by atoms with Crippen LogP contribution in [0.3, 0.4) is 0 Å². The fraction of sp³-hybridized carbons (Fsp3) is 0.167. The number of tetrazole rings is 1. The van der Waals surface area contributed by atoms with E-state index in [1.807, 2.05) is 0 Å². The lowest BCUT2D eigenvalue weighted by molar-refractivity contribution is -0.385. The molecule has 1 aromatic heterocycles. The molecule has 2 N–H and O–H groups in total. The van der Waals surface area contributed by atoms with Crippen molar-refractivity contribution in [1.82, 2.24) is 25.9 Å². The molecule has 1 unspecified atom stereocenters. The van der Waals surface area contributed by atoms with Crippen LogP contribution in [0.2, 0.25) is 0 Å². The second-order valence-corrected chi connectivity index (χ2v) is 4.15. The van der Waals surface area contributed by atoms with E-state index in [1.54, 1.807) is 25.1 Å². The monoisotopic (exact) mass is 288 g/mol. The quantitative estimate of drug-likeness (QED) is 0.480. The maximum Gasteiger partial charge on any atom is 0.276 e. The smallest absolute Gasteiger partial charge is 0.276 e. The number of carbonyl (C=O) groups is 1. The van der Waals surface area contributed by atoms with E-state index >= 15 is 0 Å². The highest BCUT2D eigenvalue weighted by Crippen LogP contribution is 2.18. The molecule has 0 saturated heterocycles. The number of aromatic amines is 1. The zero-order valence-corrected chi connectivity index (χ0v) is 11.1. The summed E-state index contributed by atoms with van der Waals surface area (Å²) in [5.41, 5.74) is 0.289. The molecule has 0 aliphatic rings. The molecule has 0 saturated carbocycles. The van der Waals surface area contributed by atoms with E-state index in [4.69, 9.17) is 0 Å². The van der Waals surface area contributed by atoms with Crippen LogP contribution in [0, 0.1) is 10.1 Å². The van der Waals surface area contributed by atoms with E-state index in [2.05, 4.69) is 25.9 Å². The Morgan fingerprint density at radius 3 is 2.90 bits per heavy atom. The van der Waals surface area contributed by atoms with Crippen LogP contribution in [0.1, 0.15) is 24.4 Å². The van der Waals surface area contributed by atoms with Gasteiger partial charge >= 0.3 is 0 Å². The fourth-order valence-electron chi connectivity index (χ4n) is 1.64. The molecule has 1 amide bonds. The number of amides is 1. The maximum absolute atomic E-state index is 11.7. The van der Waals surface area contributed by atoms with Crippen LogP contribution in [-0.4, -0.2) is 31.5 Å². The predicted octanol–water partition coefficient (Wildman–Crippen LogP) is 0.998. The number of hydrogen-bond acceptors (Lipinski definition) is 6. The molecule has 2 aromatic rings. The molecule has 0 aliphatic heterocycles. The van der Waals surface area contributed by atoms with Crippen LogP contribution in [-0.2, 0) is 4.79 Å². The second-order valence-electron chi connectivity index (χ2n) is 4.15. The summed E-state index contributed by atoms with van der Waals surface area (Å²) >= 11 is 0. The molecule has 21 heavy (non-hydrogen) atoms. The van der Waals surface area contributed by atoms with Crippen molar-refractivity contribution in [3.05, 3.63) is 51.8 Å². The van der Waals surface area contributed by atoms with Crippen molar-refractivity contribution in [2.75, 3.05) is 0 Å². The number of nitrogens with one attached hydrogen (secondary N) is 2. The number of nitro benzene ring substituents is 1. The maximum atomic E-state index is 11.7. The highest BCUT2D eigenvalue weighted by atomic mass is 16.6. The normalized spacial score (nSPS) is 12.2. The number of carbonyl (C=O) groups excluding carboxylic acids is 1. The van der Waals surface area contributed by atoms with Gasteiger partial charge in [-0.25, -0.2) is 0 Å². The summed E-state index contributed by atoms with van der Waals surface area (Å²) in [6, 6.07) is 5.73. The van der Waals surface area contributed by atoms with E-state index in [-0.39, 0.29) is 5.69 Å². The minimum Gasteiger partial charge on any atom is -0.343 e. The van der Waals surface area contributed by atoms with Crippen molar-refractivity contribution in [2.24, 2.45) is 0 Å². The molecule has 1 aromatic carbocycles. The van der Waals surface area contributed by atoms with E-state index < -0.39 is 16.9 Å². The average molecular weight is 288 g/mol. The first-order chi connectivity index (χ1) is 10.1. The Hall–Kier alpha value is -3.10. The van der Waals surface area contributed by atoms with E-state index in [0.717, 1.165) is 0 Å². The first-order valence-corrected chi connectivity index (χ1v) is 6.03. The van der Waals surface area contributed by atoms with E-state index in [0.29, 0.717) is 11.4 Å². The summed E-state index contributed by atoms with van der Waals surface area (Å²) in [6.07, 6.45) is 2.61. The lowest BCUT2D eigenvalue weighted by Crippen LogP contribution is -2.25. The third kappa shape index (κ3) is 3.69. The summed E-state index contributed by atoms with van der Waals surface area (Å²) in [4.78, 5) is 22.1. The number of para-hydroxylation sites is 1. The molecule has 1 heterocycles. The number of nitro groups is 1. The van der Waals surface area contributed by atoms with E-state index in [1.165, 1.54) is 18.2 Å². The SMILES string of the molecule is CC(NC(=O)C=Cc1ccccc1[N+](=O)[O-])c1nn[nH]n1. The van der Waals surface area contributed by atoms with Crippen molar-refractivity contribution in [3.8, 4) is 0 Å². The number of H-pyrrole nitrogens is 1. The number of aromatic nitrogens is 4. The van der Waals surface area contributed by atoms with Crippen LogP contribution in [0.5, 0.6) is 0 Å². The highest BCUT2D eigenvalue weighted by molar-refractivity contribution is 5.92. The highest BCUT2D eigenvalue weighted by Gasteiger charge is 2.13. The van der Waals surface area contributed by atoms with Gasteiger partial charge in [-0.05, 0) is 19.1 Å². The Bertz CT molecular complexity index is 667. The van der Waals surface area contributed by atoms with Gasteiger partial charge in [-0.1, -0.05) is 17.3 Å². The average Bonchev–Trinajstić information content (AvgIpc) is 2.99. The molecule has 108 valence electrons. The molecule has 0 fully saturated rings. The molecule has 0 spiro atoms. The van der Waals surface area contributed by atoms with Crippen LogP contribution in [0.25, 0.3) is 6.08 Å². The molecule has 0 aliphatic carbocycles. The molecular formula is C12H12N6O3. The van der Waals surface area contributed by atoms with Gasteiger partial charge in [0.1, 0.15) is 0 Å². The summed E-state index contributed by atoms with van der Waals surface area (Å²) in [5.74, 6) is -0.0621. The molecule has 0 radical (unpaired) electrons. The van der Waals surface area contributed by atoms with Crippen LogP contribution < -0.4 is 5.32 Å². The predicted molar refractivity (Wildman–Crippen MR) is 72.9 cm³/mol. The molecule has 0 bridgehead atoms. The number of hydrogen-bond donors (Lipinski definition) is 2. The van der Waals surface area contributed by atoms with Crippen LogP contribution in [0.4, 0.5) is 5.69 Å². The summed E-state index contributed by atoms with van der Waals surface area (Å²) in [5, 5.41) is 26.6. The number of nitrogens with zero attached hydrogens (tertiary/aromatic N) is 4. The minimum atomic E-state index is -0.500. The van der Waals surface area contributed by atoms with E-state index in [9.17, 15) is 14.9 Å². The number of benzene rings is 1. The minimum absolute atomic E-state index is 0.0623. The largest absolute Gasteiger partial charge is 0.343 e. The second kappa shape index (κ2) is 6.37. The Labute approximate surface area is 119 Å². The lowest BCUT2D eigenvalue weighted by atomic mass is 10.1. The van der Waals surface area contributed by atoms with Gasteiger partial charge in [-0.3, -0.25) is 14.9 Å². The van der Waals surface area contributed by atoms with Crippen molar-refractivity contribution in [2.45, 2.75) is 13.0 Å². The molecule has 1 atom stereocenters. The first-order valence-electron chi connectivity index (χ1n) is 6.03. The van der Waals surface area contributed by atoms with Crippen LogP contribution in [0.15, 0.2) is 30.3 Å². The fourth-order valence-corrected chi connectivity index (χ4v) is 1.64. The van der Waals surface area contributed by atoms with Gasteiger partial charge in [0.2, 0.25) is 5.91 Å². The Morgan fingerprint density at radius 1 is 1.48 bits per heavy atom. The third-order valence-electron chi connectivity index (χ3n) is 2.66. The van der Waals surface area contributed by atoms with Gasteiger partial charge < -0.3 is 5.32 Å². The molecular weight excluding hydrogens is 276 g/mol. The lowest BCUT2D eigenvalue weighted by Gasteiger charge is -2.06. The van der Waals surface area contributed by atoms with Gasteiger partial charge in [0.25, 0.3) is 5.69 Å². The Morgan fingerprint density at radius 2 is 2.24 bits per heavy atom. The van der Waals surface area contributed by atoms with Gasteiger partial charge in [0, 0.05) is 12.1 Å². The van der Waals surface area contributed by atoms with Crippen molar-refractivity contribution < 1.29 is 9.72 Å². The van der Waals surface area contributed by atoms with Crippen molar-refractivity contribution in [3.63, 3.8) is 0 Å². The summed E-state index contributed by atoms with van der Waals surface area (Å²) < 4.78 is 0. The van der Waals surface area contributed by atoms with Crippen molar-refractivity contribution in [1.29, 1.82) is 0 Å². The Kier molecular flexibility index (Phi) is 4.34. The van der Waals surface area contributed by atoms with Gasteiger partial charge in [0.05, 0.1) is 16.5 Å². The zero-order chi connectivity index (χ0) is 15.2. The molecule has 2 rings (SSSR count). The number of rotatable bonds is 5. The zero-order valence-electron chi connectivity index (χ0n) is 11.1.